The van der Waals surface area contributed by atoms with Gasteiger partial charge in [-0.15, -0.1) is 11.8 Å². The van der Waals surface area contributed by atoms with E-state index in [1.165, 1.54) is 11.8 Å². The van der Waals surface area contributed by atoms with Crippen LogP contribution in [0.3, 0.4) is 0 Å². The molecule has 0 spiro atoms. The second-order valence-electron chi connectivity index (χ2n) is 2.87. The summed E-state index contributed by atoms with van der Waals surface area (Å²) in [5, 5.41) is 8.47. The van der Waals surface area contributed by atoms with Crippen molar-refractivity contribution >= 4 is 23.6 Å². The molecule has 82 valence electrons. The van der Waals surface area contributed by atoms with E-state index in [9.17, 15) is 9.59 Å². The Morgan fingerprint density at radius 2 is 2.14 bits per heavy atom. The number of carboxylic acids is 1. The molecule has 1 atom stereocenters. The number of nitrogens with zero attached hydrogens (tertiary/aromatic N) is 1. The molecule has 0 saturated heterocycles. The van der Waals surface area contributed by atoms with E-state index >= 15 is 0 Å². The normalized spacial score (nSPS) is 12.2. The zero-order valence-corrected chi connectivity index (χ0v) is 9.21. The summed E-state index contributed by atoms with van der Waals surface area (Å²) in [5.41, 5.74) is 5.27. The Bertz CT molecular complexity index is 211. The molecule has 0 radical (unpaired) electrons. The number of aliphatic carboxylic acids is 1. The maximum atomic E-state index is 11.2. The van der Waals surface area contributed by atoms with Crippen molar-refractivity contribution in [3.8, 4) is 0 Å². The number of carbonyl (C=O) groups excluding carboxylic acids is 1. The van der Waals surface area contributed by atoms with Crippen molar-refractivity contribution in [3.05, 3.63) is 0 Å². The Labute approximate surface area is 87.6 Å². The van der Waals surface area contributed by atoms with E-state index in [2.05, 4.69) is 0 Å². The van der Waals surface area contributed by atoms with Crippen molar-refractivity contribution in [2.75, 3.05) is 25.1 Å². The van der Waals surface area contributed by atoms with E-state index < -0.39 is 12.0 Å². The van der Waals surface area contributed by atoms with Crippen LogP contribution in [0.5, 0.6) is 0 Å². The van der Waals surface area contributed by atoms with Crippen LogP contribution < -0.4 is 5.73 Å². The van der Waals surface area contributed by atoms with Gasteiger partial charge in [0.1, 0.15) is 6.04 Å². The maximum Gasteiger partial charge on any atom is 0.321 e. The van der Waals surface area contributed by atoms with Gasteiger partial charge in [0.2, 0.25) is 5.91 Å². The summed E-state index contributed by atoms with van der Waals surface area (Å²) in [7, 11) is 1.71. The molecule has 0 unspecified atom stereocenters. The molecule has 0 fully saturated rings. The lowest BCUT2D eigenvalue weighted by molar-refractivity contribution is -0.138. The Balaban J connectivity index is 3.64. The fourth-order valence-electron chi connectivity index (χ4n) is 0.631. The molecule has 0 bridgehead atoms. The third-order valence-corrected chi connectivity index (χ3v) is 2.79. The first-order chi connectivity index (χ1) is 6.49. The largest absolute Gasteiger partial charge is 0.480 e. The van der Waals surface area contributed by atoms with Gasteiger partial charge in [-0.05, 0) is 6.92 Å². The first-order valence-electron chi connectivity index (χ1n) is 4.29. The highest BCUT2D eigenvalue weighted by Gasteiger charge is 2.13. The summed E-state index contributed by atoms with van der Waals surface area (Å²) in [6.45, 7) is 2.54. The Morgan fingerprint density at radius 1 is 1.57 bits per heavy atom. The van der Waals surface area contributed by atoms with Crippen molar-refractivity contribution in [2.45, 2.75) is 13.0 Å². The van der Waals surface area contributed by atoms with Gasteiger partial charge in [0.05, 0.1) is 5.75 Å². The predicted octanol–water partition coefficient (Wildman–Crippen LogP) is -0.390. The third kappa shape index (κ3) is 5.08. The highest BCUT2D eigenvalue weighted by Crippen LogP contribution is 2.03. The van der Waals surface area contributed by atoms with Crippen molar-refractivity contribution in [2.24, 2.45) is 5.73 Å². The van der Waals surface area contributed by atoms with E-state index in [-0.39, 0.29) is 17.4 Å². The number of thioether (sulfide) groups is 1. The van der Waals surface area contributed by atoms with E-state index in [1.54, 1.807) is 11.9 Å². The van der Waals surface area contributed by atoms with Crippen LogP contribution in [0.1, 0.15) is 6.92 Å². The van der Waals surface area contributed by atoms with Gasteiger partial charge in [0.25, 0.3) is 0 Å². The van der Waals surface area contributed by atoms with Crippen LogP contribution in [0.2, 0.25) is 0 Å². The van der Waals surface area contributed by atoms with Crippen LogP contribution in [-0.2, 0) is 9.59 Å². The Hall–Kier alpha value is -0.750. The minimum atomic E-state index is -1.03. The molecule has 0 heterocycles. The van der Waals surface area contributed by atoms with Gasteiger partial charge in [0, 0.05) is 19.3 Å². The fraction of sp³-hybridized carbons (Fsp3) is 0.750. The zero-order chi connectivity index (χ0) is 11.1. The number of carbonyl (C=O) groups is 2. The van der Waals surface area contributed by atoms with Crippen LogP contribution in [-0.4, -0.2) is 53.0 Å². The fourth-order valence-corrected chi connectivity index (χ4v) is 1.54. The van der Waals surface area contributed by atoms with Crippen LogP contribution in [0.25, 0.3) is 0 Å². The molecule has 0 aliphatic rings. The molecule has 14 heavy (non-hydrogen) atoms. The van der Waals surface area contributed by atoms with Gasteiger partial charge in [-0.1, -0.05) is 0 Å². The summed E-state index contributed by atoms with van der Waals surface area (Å²) in [5.74, 6) is -0.492. The van der Waals surface area contributed by atoms with Crippen molar-refractivity contribution in [3.63, 3.8) is 0 Å². The van der Waals surface area contributed by atoms with E-state index in [4.69, 9.17) is 10.8 Å². The summed E-state index contributed by atoms with van der Waals surface area (Å²) >= 11 is 1.24. The molecule has 0 aromatic carbocycles. The summed E-state index contributed by atoms with van der Waals surface area (Å²) in [4.78, 5) is 23.2. The second kappa shape index (κ2) is 6.67. The number of carboxylic acid groups (broad SMARTS) is 1. The topological polar surface area (TPSA) is 83.6 Å². The quantitative estimate of drug-likeness (QED) is 0.637. The second-order valence-corrected chi connectivity index (χ2v) is 3.90. The standard InChI is InChI=1S/C8H16N2O3S/c1-3-10(2)7(11)5-14-4-6(9)8(12)13/h6H,3-5,9H2,1-2H3,(H,12,13)/t6-/m0/s1. The highest BCUT2D eigenvalue weighted by molar-refractivity contribution is 8.00. The minimum absolute atomic E-state index is 0.00455. The Morgan fingerprint density at radius 3 is 2.57 bits per heavy atom. The lowest BCUT2D eigenvalue weighted by atomic mass is 10.4. The van der Waals surface area contributed by atoms with Crippen molar-refractivity contribution < 1.29 is 14.7 Å². The lowest BCUT2D eigenvalue weighted by Gasteiger charge is -2.14. The molecule has 0 aromatic rings. The van der Waals surface area contributed by atoms with Gasteiger partial charge in [-0.25, -0.2) is 0 Å². The van der Waals surface area contributed by atoms with Crippen LogP contribution in [0.4, 0.5) is 0 Å². The molecule has 6 heteroatoms. The number of nitrogens with two attached hydrogens (primary N) is 1. The van der Waals surface area contributed by atoms with Gasteiger partial charge in [-0.3, -0.25) is 9.59 Å². The average molecular weight is 220 g/mol. The summed E-state index contributed by atoms with van der Waals surface area (Å²) in [6.07, 6.45) is 0. The molecule has 3 N–H and O–H groups in total. The molecule has 0 aliphatic carbocycles. The van der Waals surface area contributed by atoms with Gasteiger partial charge in [0.15, 0.2) is 0 Å². The van der Waals surface area contributed by atoms with E-state index in [0.717, 1.165) is 0 Å². The third-order valence-electron chi connectivity index (χ3n) is 1.74. The molecular weight excluding hydrogens is 204 g/mol. The molecule has 0 aromatic heterocycles. The average Bonchev–Trinajstić information content (AvgIpc) is 2.15. The summed E-state index contributed by atoms with van der Waals surface area (Å²) < 4.78 is 0. The molecule has 1 amide bonds. The zero-order valence-electron chi connectivity index (χ0n) is 8.40. The van der Waals surface area contributed by atoms with Gasteiger partial charge < -0.3 is 15.7 Å². The van der Waals surface area contributed by atoms with E-state index in [1.807, 2.05) is 6.92 Å². The molecule has 0 aliphatic heterocycles. The van der Waals surface area contributed by atoms with Gasteiger partial charge in [-0.2, -0.15) is 0 Å². The SMILES string of the molecule is CCN(C)C(=O)CSC[C@H](N)C(=O)O. The minimum Gasteiger partial charge on any atom is -0.480 e. The first-order valence-corrected chi connectivity index (χ1v) is 5.44. The maximum absolute atomic E-state index is 11.2. The number of rotatable bonds is 6. The molecule has 0 rings (SSSR count). The number of hydrogen-bond acceptors (Lipinski definition) is 4. The summed E-state index contributed by atoms with van der Waals surface area (Å²) in [6, 6.07) is -0.889. The predicted molar refractivity (Wildman–Crippen MR) is 56.2 cm³/mol. The van der Waals surface area contributed by atoms with Crippen LogP contribution in [0.15, 0.2) is 0 Å². The molecule has 5 nitrogen and oxygen atoms in total. The van der Waals surface area contributed by atoms with Crippen LogP contribution in [0, 0.1) is 0 Å². The van der Waals surface area contributed by atoms with Crippen molar-refractivity contribution in [1.82, 2.24) is 4.90 Å². The highest BCUT2D eigenvalue weighted by atomic mass is 32.2. The smallest absolute Gasteiger partial charge is 0.321 e. The number of hydrogen-bond donors (Lipinski definition) is 2. The Kier molecular flexibility index (Phi) is 6.31. The lowest BCUT2D eigenvalue weighted by Crippen LogP contribution is -2.34. The first kappa shape index (κ1) is 13.2. The molecular formula is C8H16N2O3S. The van der Waals surface area contributed by atoms with Gasteiger partial charge >= 0.3 is 5.97 Å². The molecule has 0 saturated carbocycles. The van der Waals surface area contributed by atoms with Crippen molar-refractivity contribution in [1.29, 1.82) is 0 Å². The number of amides is 1. The van der Waals surface area contributed by atoms with Crippen LogP contribution >= 0.6 is 11.8 Å². The monoisotopic (exact) mass is 220 g/mol. The van der Waals surface area contributed by atoms with E-state index in [0.29, 0.717) is 6.54 Å².